The molecule has 0 aliphatic heterocycles. The Balaban J connectivity index is 1.96. The molecule has 0 aliphatic rings. The number of hydrogen-bond acceptors (Lipinski definition) is 1. The van der Waals surface area contributed by atoms with Crippen molar-refractivity contribution in [3.05, 3.63) is 81.4 Å². The maximum atomic E-state index is 12.8. The molecule has 3 aromatic carbocycles. The molecule has 0 saturated carbocycles. The summed E-state index contributed by atoms with van der Waals surface area (Å²) in [5.41, 5.74) is 3.87. The molecule has 1 heterocycles. The van der Waals surface area contributed by atoms with Gasteiger partial charge >= 0.3 is 0 Å². The lowest BCUT2D eigenvalue weighted by molar-refractivity contribution is 0.103. The summed E-state index contributed by atoms with van der Waals surface area (Å²) in [6.45, 7) is 3.06. The molecule has 118 valence electrons. The molecule has 4 rings (SSSR count). The van der Waals surface area contributed by atoms with Gasteiger partial charge in [0, 0.05) is 43.0 Å². The van der Waals surface area contributed by atoms with E-state index < -0.39 is 0 Å². The molecule has 0 fully saturated rings. The Hall–Kier alpha value is -2.14. The fourth-order valence-electron chi connectivity index (χ4n) is 3.31. The van der Waals surface area contributed by atoms with Crippen LogP contribution in [-0.4, -0.2) is 10.4 Å². The van der Waals surface area contributed by atoms with E-state index in [1.165, 1.54) is 20.0 Å². The average Bonchev–Trinajstić information content (AvgIpc) is 2.94. The molecule has 0 saturated heterocycles. The summed E-state index contributed by atoms with van der Waals surface area (Å²) in [6.07, 6.45) is 0. The second kappa shape index (κ2) is 6.06. The van der Waals surface area contributed by atoms with Crippen molar-refractivity contribution in [2.24, 2.45) is 0 Å². The molecule has 0 atom stereocenters. The molecule has 2 nitrogen and oxygen atoms in total. The van der Waals surface area contributed by atoms with Crippen LogP contribution in [0.1, 0.15) is 22.8 Å². The van der Waals surface area contributed by atoms with Crippen LogP contribution >= 0.6 is 22.6 Å². The van der Waals surface area contributed by atoms with Crippen molar-refractivity contribution in [3.8, 4) is 0 Å². The first kappa shape index (κ1) is 15.4. The van der Waals surface area contributed by atoms with Crippen molar-refractivity contribution in [1.82, 2.24) is 4.57 Å². The van der Waals surface area contributed by atoms with E-state index in [-0.39, 0.29) is 5.78 Å². The zero-order chi connectivity index (χ0) is 16.7. The van der Waals surface area contributed by atoms with Crippen LogP contribution in [0.25, 0.3) is 21.8 Å². The fourth-order valence-corrected chi connectivity index (χ4v) is 3.81. The minimum atomic E-state index is 0.0699. The Bertz CT molecular complexity index is 1060. The third-order valence-electron chi connectivity index (χ3n) is 4.44. The van der Waals surface area contributed by atoms with Gasteiger partial charge in [-0.25, -0.2) is 0 Å². The molecule has 0 bridgehead atoms. The largest absolute Gasteiger partial charge is 0.341 e. The minimum Gasteiger partial charge on any atom is -0.341 e. The number of rotatable bonds is 3. The summed E-state index contributed by atoms with van der Waals surface area (Å²) < 4.78 is 3.51. The summed E-state index contributed by atoms with van der Waals surface area (Å²) in [7, 11) is 0. The van der Waals surface area contributed by atoms with Gasteiger partial charge in [0.2, 0.25) is 0 Å². The molecule has 0 spiro atoms. The lowest BCUT2D eigenvalue weighted by atomic mass is 10.0. The third-order valence-corrected chi connectivity index (χ3v) is 5.11. The van der Waals surface area contributed by atoms with Crippen molar-refractivity contribution in [2.45, 2.75) is 13.5 Å². The summed E-state index contributed by atoms with van der Waals surface area (Å²) in [4.78, 5) is 12.8. The predicted molar refractivity (Wildman–Crippen MR) is 108 cm³/mol. The Morgan fingerprint density at radius 1 is 0.875 bits per heavy atom. The van der Waals surface area contributed by atoms with E-state index in [9.17, 15) is 4.79 Å². The number of halogens is 1. The highest BCUT2D eigenvalue weighted by atomic mass is 127. The molecule has 24 heavy (non-hydrogen) atoms. The van der Waals surface area contributed by atoms with Crippen LogP contribution in [0.3, 0.4) is 0 Å². The summed E-state index contributed by atoms with van der Waals surface area (Å²) in [5.74, 6) is 0.0699. The standard InChI is InChI=1S/C21H16INO/c1-2-23-19-10-8-15(21(24)14-6-4-3-5-7-14)12-17(19)18-13-16(22)9-11-20(18)23/h3-13H,2H2,1H3. The van der Waals surface area contributed by atoms with E-state index in [1.54, 1.807) is 0 Å². The lowest BCUT2D eigenvalue weighted by Crippen LogP contribution is -2.01. The first-order chi connectivity index (χ1) is 11.7. The van der Waals surface area contributed by atoms with E-state index in [2.05, 4.69) is 58.3 Å². The maximum absolute atomic E-state index is 12.8. The number of aromatic nitrogens is 1. The quantitative estimate of drug-likeness (QED) is 0.307. The Labute approximate surface area is 154 Å². The predicted octanol–water partition coefficient (Wildman–Crippen LogP) is 5.65. The molecular weight excluding hydrogens is 409 g/mol. The number of aryl methyl sites for hydroxylation is 1. The second-order valence-electron chi connectivity index (χ2n) is 5.83. The normalized spacial score (nSPS) is 11.2. The van der Waals surface area contributed by atoms with E-state index in [4.69, 9.17) is 0 Å². The smallest absolute Gasteiger partial charge is 0.193 e. The SMILES string of the molecule is CCn1c2ccc(I)cc2c2cc(C(=O)c3ccccc3)ccc21. The number of fused-ring (bicyclic) bond motifs is 3. The summed E-state index contributed by atoms with van der Waals surface area (Å²) >= 11 is 2.34. The number of carbonyl (C=O) groups excluding carboxylic acids is 1. The van der Waals surface area contributed by atoms with Crippen LogP contribution in [0.2, 0.25) is 0 Å². The fraction of sp³-hybridized carbons (Fsp3) is 0.0952. The van der Waals surface area contributed by atoms with E-state index in [0.29, 0.717) is 0 Å². The topological polar surface area (TPSA) is 22.0 Å². The molecule has 3 heteroatoms. The molecule has 0 amide bonds. The van der Waals surface area contributed by atoms with Crippen LogP contribution in [0.5, 0.6) is 0 Å². The average molecular weight is 425 g/mol. The minimum absolute atomic E-state index is 0.0699. The molecular formula is C21H16INO. The maximum Gasteiger partial charge on any atom is 0.193 e. The number of nitrogens with zero attached hydrogens (tertiary/aromatic N) is 1. The molecule has 0 unspecified atom stereocenters. The summed E-state index contributed by atoms with van der Waals surface area (Å²) in [5, 5.41) is 2.36. The monoisotopic (exact) mass is 425 g/mol. The molecule has 1 aromatic heterocycles. The molecule has 0 aliphatic carbocycles. The third kappa shape index (κ3) is 2.44. The number of hydrogen-bond donors (Lipinski definition) is 0. The van der Waals surface area contributed by atoms with Crippen molar-refractivity contribution < 1.29 is 4.79 Å². The summed E-state index contributed by atoms with van der Waals surface area (Å²) in [6, 6.07) is 22.0. The number of ketones is 1. The van der Waals surface area contributed by atoms with Gasteiger partial charge < -0.3 is 4.57 Å². The molecule has 0 N–H and O–H groups in total. The van der Waals surface area contributed by atoms with Crippen LogP contribution < -0.4 is 0 Å². The molecule has 0 radical (unpaired) electrons. The van der Waals surface area contributed by atoms with Crippen molar-refractivity contribution >= 4 is 50.2 Å². The van der Waals surface area contributed by atoms with Crippen LogP contribution in [0.4, 0.5) is 0 Å². The van der Waals surface area contributed by atoms with E-state index >= 15 is 0 Å². The van der Waals surface area contributed by atoms with E-state index in [1.807, 2.05) is 42.5 Å². The van der Waals surface area contributed by atoms with Gasteiger partial charge in [0.15, 0.2) is 5.78 Å². The zero-order valence-corrected chi connectivity index (χ0v) is 15.4. The van der Waals surface area contributed by atoms with Crippen molar-refractivity contribution in [2.75, 3.05) is 0 Å². The van der Waals surface area contributed by atoms with Crippen LogP contribution in [-0.2, 0) is 6.54 Å². The molecule has 4 aromatic rings. The van der Waals surface area contributed by atoms with Gasteiger partial charge in [-0.05, 0) is 65.9 Å². The Morgan fingerprint density at radius 3 is 2.25 bits per heavy atom. The Kier molecular flexibility index (Phi) is 3.88. The van der Waals surface area contributed by atoms with Gasteiger partial charge in [0.25, 0.3) is 0 Å². The first-order valence-corrected chi connectivity index (χ1v) is 9.08. The number of benzene rings is 3. The van der Waals surface area contributed by atoms with Gasteiger partial charge in [0.1, 0.15) is 0 Å². The van der Waals surface area contributed by atoms with Crippen molar-refractivity contribution in [3.63, 3.8) is 0 Å². The highest BCUT2D eigenvalue weighted by Gasteiger charge is 2.14. The highest BCUT2D eigenvalue weighted by Crippen LogP contribution is 2.31. The van der Waals surface area contributed by atoms with Gasteiger partial charge in [-0.1, -0.05) is 30.3 Å². The Morgan fingerprint density at radius 2 is 1.54 bits per heavy atom. The first-order valence-electron chi connectivity index (χ1n) is 8.00. The second-order valence-corrected chi connectivity index (χ2v) is 7.08. The van der Waals surface area contributed by atoms with Crippen LogP contribution in [0, 0.1) is 3.57 Å². The van der Waals surface area contributed by atoms with Gasteiger partial charge in [0.05, 0.1) is 0 Å². The van der Waals surface area contributed by atoms with Crippen molar-refractivity contribution in [1.29, 1.82) is 0 Å². The number of carbonyl (C=O) groups is 1. The van der Waals surface area contributed by atoms with E-state index in [0.717, 1.165) is 23.1 Å². The van der Waals surface area contributed by atoms with Gasteiger partial charge in [-0.2, -0.15) is 0 Å². The zero-order valence-electron chi connectivity index (χ0n) is 13.3. The highest BCUT2D eigenvalue weighted by molar-refractivity contribution is 14.1. The van der Waals surface area contributed by atoms with Gasteiger partial charge in [-0.15, -0.1) is 0 Å². The van der Waals surface area contributed by atoms with Crippen LogP contribution in [0.15, 0.2) is 66.7 Å². The van der Waals surface area contributed by atoms with Gasteiger partial charge in [-0.3, -0.25) is 4.79 Å². The lowest BCUT2D eigenvalue weighted by Gasteiger charge is -2.04.